The maximum absolute atomic E-state index is 12.4. The number of aromatic nitrogens is 3. The predicted molar refractivity (Wildman–Crippen MR) is 98.7 cm³/mol. The molecule has 0 aliphatic heterocycles. The Bertz CT molecular complexity index is 752. The summed E-state index contributed by atoms with van der Waals surface area (Å²) in [7, 11) is 2.07. The Morgan fingerprint density at radius 1 is 1.36 bits per heavy atom. The first-order valence-corrected chi connectivity index (χ1v) is 9.15. The largest absolute Gasteiger partial charge is 0.348 e. The fraction of sp³-hybridized carbons (Fsp3) is 0.471. The smallest absolute Gasteiger partial charge is 0.291 e. The van der Waals surface area contributed by atoms with Gasteiger partial charge in [0.15, 0.2) is 0 Å². The number of hydrogen-bond donors (Lipinski definition) is 1. The molecule has 1 fully saturated rings. The normalized spacial score (nSPS) is 14.1. The van der Waals surface area contributed by atoms with Gasteiger partial charge >= 0.3 is 0 Å². The Kier molecular flexibility index (Phi) is 5.61. The number of aryl methyl sites for hydroxylation is 1. The van der Waals surface area contributed by atoms with Gasteiger partial charge in [-0.3, -0.25) is 4.79 Å². The molecule has 0 atom stereocenters. The molecule has 6 nitrogen and oxygen atoms in total. The van der Waals surface area contributed by atoms with Crippen molar-refractivity contribution in [3.05, 3.63) is 39.9 Å². The molecule has 1 aliphatic carbocycles. The zero-order valence-electron chi connectivity index (χ0n) is 14.3. The number of hydrogen-bond acceptors (Lipinski definition) is 4. The number of rotatable bonds is 7. The summed E-state index contributed by atoms with van der Waals surface area (Å²) in [5.41, 5.74) is 0.544. The molecule has 1 N–H and O–H groups in total. The van der Waals surface area contributed by atoms with Crippen molar-refractivity contribution in [2.24, 2.45) is 0 Å². The van der Waals surface area contributed by atoms with Crippen LogP contribution in [0, 0.1) is 0 Å². The van der Waals surface area contributed by atoms with E-state index in [0.29, 0.717) is 40.6 Å². The van der Waals surface area contributed by atoms with Crippen LogP contribution in [0.4, 0.5) is 0 Å². The molecule has 0 spiro atoms. The molecular weight excluding hydrogens is 361 g/mol. The second kappa shape index (κ2) is 7.72. The lowest BCUT2D eigenvalue weighted by molar-refractivity contribution is 0.0939. The Balaban J connectivity index is 1.74. The van der Waals surface area contributed by atoms with Gasteiger partial charge in [0.1, 0.15) is 11.5 Å². The molecule has 0 radical (unpaired) electrons. The number of carbonyl (C=O) groups excluding carboxylic acids is 1. The molecule has 1 amide bonds. The van der Waals surface area contributed by atoms with Crippen molar-refractivity contribution < 1.29 is 4.79 Å². The molecule has 0 bridgehead atoms. The zero-order valence-corrected chi connectivity index (χ0v) is 15.8. The van der Waals surface area contributed by atoms with E-state index in [4.69, 9.17) is 23.2 Å². The van der Waals surface area contributed by atoms with Crippen molar-refractivity contribution in [2.45, 2.75) is 32.2 Å². The van der Waals surface area contributed by atoms with E-state index in [1.165, 1.54) is 12.8 Å². The molecule has 0 unspecified atom stereocenters. The van der Waals surface area contributed by atoms with Crippen molar-refractivity contribution in [3.8, 4) is 5.69 Å². The predicted octanol–water partition coefficient (Wildman–Crippen LogP) is 2.96. The highest BCUT2D eigenvalue weighted by molar-refractivity contribution is 6.37. The van der Waals surface area contributed by atoms with E-state index in [9.17, 15) is 4.79 Å². The van der Waals surface area contributed by atoms with E-state index in [-0.39, 0.29) is 11.7 Å². The molecular formula is C17H21Cl2N5O. The molecule has 1 saturated carbocycles. The van der Waals surface area contributed by atoms with Crippen molar-refractivity contribution in [1.29, 1.82) is 0 Å². The Morgan fingerprint density at radius 3 is 2.64 bits per heavy atom. The van der Waals surface area contributed by atoms with Gasteiger partial charge < -0.3 is 10.2 Å². The Hall–Kier alpha value is -1.63. The molecule has 134 valence electrons. The average molecular weight is 382 g/mol. The van der Waals surface area contributed by atoms with Crippen LogP contribution in [0.15, 0.2) is 18.2 Å². The second-order valence-corrected chi connectivity index (χ2v) is 6.97. The Labute approximate surface area is 157 Å². The molecule has 1 aromatic carbocycles. The van der Waals surface area contributed by atoms with E-state index < -0.39 is 0 Å². The summed E-state index contributed by atoms with van der Waals surface area (Å²) in [5, 5.41) is 8.13. The Morgan fingerprint density at radius 2 is 2.04 bits per heavy atom. The number of likely N-dealkylation sites (N-methyl/N-ethyl adjacent to an activating group) is 1. The molecule has 1 aliphatic rings. The first-order valence-electron chi connectivity index (χ1n) is 8.40. The lowest BCUT2D eigenvalue weighted by Crippen LogP contribution is -2.34. The van der Waals surface area contributed by atoms with Crippen LogP contribution in [-0.2, 0) is 6.42 Å². The molecule has 3 rings (SSSR count). The highest BCUT2D eigenvalue weighted by atomic mass is 35.5. The molecule has 1 aromatic heterocycles. The van der Waals surface area contributed by atoms with E-state index in [2.05, 4.69) is 27.3 Å². The van der Waals surface area contributed by atoms with Crippen molar-refractivity contribution >= 4 is 29.1 Å². The summed E-state index contributed by atoms with van der Waals surface area (Å²) in [6, 6.07) is 5.90. The lowest BCUT2D eigenvalue weighted by atomic mass is 10.3. The van der Waals surface area contributed by atoms with Gasteiger partial charge in [0.25, 0.3) is 5.91 Å². The van der Waals surface area contributed by atoms with Crippen molar-refractivity contribution in [1.82, 2.24) is 25.0 Å². The van der Waals surface area contributed by atoms with Gasteiger partial charge in [-0.25, -0.2) is 9.67 Å². The van der Waals surface area contributed by atoms with Crippen LogP contribution in [0.1, 0.15) is 36.2 Å². The summed E-state index contributed by atoms with van der Waals surface area (Å²) in [5.74, 6) is 0.470. The summed E-state index contributed by atoms with van der Waals surface area (Å²) < 4.78 is 1.55. The number of nitrogens with zero attached hydrogens (tertiary/aromatic N) is 4. The molecule has 25 heavy (non-hydrogen) atoms. The van der Waals surface area contributed by atoms with Crippen LogP contribution < -0.4 is 5.32 Å². The summed E-state index contributed by atoms with van der Waals surface area (Å²) in [6.07, 6.45) is 3.09. The SMILES string of the molecule is CCc1nc(C(=O)NCCN(C)C2CC2)nn1-c1c(Cl)cccc1Cl. The van der Waals surface area contributed by atoms with Crippen LogP contribution in [0.2, 0.25) is 10.0 Å². The van der Waals surface area contributed by atoms with Gasteiger partial charge in [0, 0.05) is 25.6 Å². The number of benzene rings is 1. The number of carbonyl (C=O) groups is 1. The second-order valence-electron chi connectivity index (χ2n) is 6.15. The van der Waals surface area contributed by atoms with E-state index >= 15 is 0 Å². The summed E-state index contributed by atoms with van der Waals surface area (Å²) in [4.78, 5) is 19.0. The number of nitrogens with one attached hydrogen (secondary N) is 1. The van der Waals surface area contributed by atoms with Gasteiger partial charge in [-0.2, -0.15) is 0 Å². The van der Waals surface area contributed by atoms with E-state index in [1.807, 2.05) is 6.92 Å². The maximum atomic E-state index is 12.4. The molecule has 8 heteroatoms. The van der Waals surface area contributed by atoms with Gasteiger partial charge in [-0.15, -0.1) is 5.10 Å². The van der Waals surface area contributed by atoms with Gasteiger partial charge in [0.2, 0.25) is 5.82 Å². The maximum Gasteiger partial charge on any atom is 0.291 e. The average Bonchev–Trinajstić information content (AvgIpc) is 3.35. The minimum absolute atomic E-state index is 0.127. The van der Waals surface area contributed by atoms with Gasteiger partial charge in [0.05, 0.1) is 10.0 Å². The number of amides is 1. The lowest BCUT2D eigenvalue weighted by Gasteiger charge is -2.15. The van der Waals surface area contributed by atoms with Gasteiger partial charge in [-0.1, -0.05) is 36.2 Å². The third-order valence-electron chi connectivity index (χ3n) is 4.26. The molecule has 1 heterocycles. The standard InChI is InChI=1S/C17H21Cl2N5O/c1-3-14-21-16(17(25)20-9-10-23(2)11-7-8-11)22-24(14)15-12(18)5-4-6-13(15)19/h4-6,11H,3,7-10H2,1-2H3,(H,20,25). The first kappa shape index (κ1) is 18.2. The highest BCUT2D eigenvalue weighted by Gasteiger charge is 2.26. The quantitative estimate of drug-likeness (QED) is 0.800. The van der Waals surface area contributed by atoms with E-state index in [1.54, 1.807) is 22.9 Å². The van der Waals surface area contributed by atoms with Crippen LogP contribution in [0.3, 0.4) is 0 Å². The van der Waals surface area contributed by atoms with E-state index in [0.717, 1.165) is 6.54 Å². The van der Waals surface area contributed by atoms with Gasteiger partial charge in [-0.05, 0) is 32.0 Å². The summed E-state index contributed by atoms with van der Waals surface area (Å²) >= 11 is 12.5. The fourth-order valence-electron chi connectivity index (χ4n) is 2.66. The number of para-hydroxylation sites is 1. The third kappa shape index (κ3) is 4.14. The number of halogens is 2. The minimum atomic E-state index is -0.291. The monoisotopic (exact) mass is 381 g/mol. The molecule has 0 saturated heterocycles. The van der Waals surface area contributed by atoms with Crippen molar-refractivity contribution in [2.75, 3.05) is 20.1 Å². The zero-order chi connectivity index (χ0) is 18.0. The molecule has 2 aromatic rings. The highest BCUT2D eigenvalue weighted by Crippen LogP contribution is 2.28. The van der Waals surface area contributed by atoms with Crippen LogP contribution in [0.25, 0.3) is 5.69 Å². The van der Waals surface area contributed by atoms with Crippen molar-refractivity contribution in [3.63, 3.8) is 0 Å². The minimum Gasteiger partial charge on any atom is -0.348 e. The van der Waals surface area contributed by atoms with Crippen LogP contribution in [-0.4, -0.2) is 51.8 Å². The first-order chi connectivity index (χ1) is 12.0. The third-order valence-corrected chi connectivity index (χ3v) is 4.87. The summed E-state index contributed by atoms with van der Waals surface area (Å²) in [6.45, 7) is 3.32. The fourth-order valence-corrected chi connectivity index (χ4v) is 3.22. The van der Waals surface area contributed by atoms with Crippen LogP contribution in [0.5, 0.6) is 0 Å². The topological polar surface area (TPSA) is 63.1 Å². The van der Waals surface area contributed by atoms with Crippen LogP contribution >= 0.6 is 23.2 Å².